The van der Waals surface area contributed by atoms with Crippen molar-refractivity contribution < 1.29 is 18.9 Å². The van der Waals surface area contributed by atoms with Gasteiger partial charge in [-0.2, -0.15) is 4.39 Å². The van der Waals surface area contributed by atoms with Crippen LogP contribution in [0.15, 0.2) is 42.5 Å². The van der Waals surface area contributed by atoms with Gasteiger partial charge in [0, 0.05) is 22.3 Å². The second kappa shape index (κ2) is 9.27. The average Bonchev–Trinajstić information content (AvgIpc) is 2.62. The van der Waals surface area contributed by atoms with Crippen molar-refractivity contribution >= 4 is 34.8 Å². The number of hydrogen-bond donors (Lipinski definition) is 2. The van der Waals surface area contributed by atoms with Crippen LogP contribution in [-0.4, -0.2) is 22.8 Å². The van der Waals surface area contributed by atoms with E-state index in [4.69, 9.17) is 11.6 Å². The standard InChI is InChI=1S/C19H19ClFN3O4/c1-11(2)9-16(23-18(25)12-3-5-13(20)6-4-12)19(26)22-14-7-8-15(21)17(10-14)24(27)28/h3-8,10-11,16H,9H2,1-2H3,(H,22,26)(H,23,25)/t16-/m0/s1. The fraction of sp³-hybridized carbons (Fsp3) is 0.263. The molecule has 0 aliphatic carbocycles. The van der Waals surface area contributed by atoms with E-state index < -0.39 is 34.3 Å². The highest BCUT2D eigenvalue weighted by Gasteiger charge is 2.24. The molecule has 0 saturated heterocycles. The number of rotatable bonds is 7. The van der Waals surface area contributed by atoms with Crippen molar-refractivity contribution in [1.82, 2.24) is 5.32 Å². The molecule has 0 saturated carbocycles. The lowest BCUT2D eigenvalue weighted by molar-refractivity contribution is -0.387. The van der Waals surface area contributed by atoms with E-state index in [-0.39, 0.29) is 11.6 Å². The van der Waals surface area contributed by atoms with E-state index in [9.17, 15) is 24.1 Å². The summed E-state index contributed by atoms with van der Waals surface area (Å²) in [6, 6.07) is 8.35. The van der Waals surface area contributed by atoms with E-state index in [1.54, 1.807) is 12.1 Å². The van der Waals surface area contributed by atoms with E-state index in [0.717, 1.165) is 12.1 Å². The number of anilines is 1. The summed E-state index contributed by atoms with van der Waals surface area (Å²) >= 11 is 5.81. The molecule has 0 unspecified atom stereocenters. The van der Waals surface area contributed by atoms with E-state index in [1.165, 1.54) is 18.2 Å². The normalized spacial score (nSPS) is 11.8. The van der Waals surface area contributed by atoms with Gasteiger partial charge in [-0.05, 0) is 48.7 Å². The number of benzene rings is 2. The quantitative estimate of drug-likeness (QED) is 0.531. The number of hydrogen-bond acceptors (Lipinski definition) is 4. The van der Waals surface area contributed by atoms with Crippen LogP contribution in [0.1, 0.15) is 30.6 Å². The van der Waals surface area contributed by atoms with Gasteiger partial charge in [0.15, 0.2) is 0 Å². The lowest BCUT2D eigenvalue weighted by Gasteiger charge is -2.20. The zero-order chi connectivity index (χ0) is 20.8. The van der Waals surface area contributed by atoms with Gasteiger partial charge >= 0.3 is 5.69 Å². The molecule has 148 valence electrons. The monoisotopic (exact) mass is 407 g/mol. The second-order valence-corrected chi connectivity index (χ2v) is 7.01. The van der Waals surface area contributed by atoms with Gasteiger partial charge in [-0.15, -0.1) is 0 Å². The van der Waals surface area contributed by atoms with Crippen LogP contribution < -0.4 is 10.6 Å². The summed E-state index contributed by atoms with van der Waals surface area (Å²) in [5.74, 6) is -1.93. The first-order valence-electron chi connectivity index (χ1n) is 8.48. The first-order chi connectivity index (χ1) is 13.2. The van der Waals surface area contributed by atoms with Gasteiger partial charge in [-0.1, -0.05) is 25.4 Å². The predicted molar refractivity (Wildman–Crippen MR) is 104 cm³/mol. The first kappa shape index (κ1) is 21.3. The SMILES string of the molecule is CC(C)C[C@H](NC(=O)c1ccc(Cl)cc1)C(=O)Nc1ccc(F)c([N+](=O)[O-])c1. The zero-order valence-corrected chi connectivity index (χ0v) is 16.0. The number of amides is 2. The molecule has 2 aromatic carbocycles. The Hall–Kier alpha value is -3.00. The maximum Gasteiger partial charge on any atom is 0.306 e. The summed E-state index contributed by atoms with van der Waals surface area (Å²) in [5, 5.41) is 16.5. The van der Waals surface area contributed by atoms with Crippen molar-refractivity contribution in [3.63, 3.8) is 0 Å². The molecule has 0 spiro atoms. The van der Waals surface area contributed by atoms with Crippen LogP contribution in [0.5, 0.6) is 0 Å². The number of halogens is 2. The Labute approximate surface area is 166 Å². The molecule has 1 atom stereocenters. The second-order valence-electron chi connectivity index (χ2n) is 6.58. The molecular weight excluding hydrogens is 389 g/mol. The Kier molecular flexibility index (Phi) is 7.06. The van der Waals surface area contributed by atoms with Crippen molar-refractivity contribution in [2.24, 2.45) is 5.92 Å². The van der Waals surface area contributed by atoms with Gasteiger partial charge < -0.3 is 10.6 Å². The van der Waals surface area contributed by atoms with Gasteiger partial charge in [0.05, 0.1) is 4.92 Å². The summed E-state index contributed by atoms with van der Waals surface area (Å²) in [7, 11) is 0. The van der Waals surface area contributed by atoms with Crippen LogP contribution in [0.2, 0.25) is 5.02 Å². The summed E-state index contributed by atoms with van der Waals surface area (Å²) in [4.78, 5) is 35.0. The van der Waals surface area contributed by atoms with Crippen molar-refractivity contribution in [2.75, 3.05) is 5.32 Å². The molecule has 0 heterocycles. The summed E-state index contributed by atoms with van der Waals surface area (Å²) in [5.41, 5.74) is -0.348. The van der Waals surface area contributed by atoms with E-state index in [1.807, 2.05) is 13.8 Å². The van der Waals surface area contributed by atoms with E-state index in [0.29, 0.717) is 17.0 Å². The molecule has 0 fully saturated rings. The number of nitrogens with one attached hydrogen (secondary N) is 2. The molecule has 0 bridgehead atoms. The fourth-order valence-corrected chi connectivity index (χ4v) is 2.63. The third-order valence-electron chi connectivity index (χ3n) is 3.85. The Morgan fingerprint density at radius 2 is 1.82 bits per heavy atom. The molecule has 7 nitrogen and oxygen atoms in total. The van der Waals surface area contributed by atoms with Crippen LogP contribution >= 0.6 is 11.6 Å². The van der Waals surface area contributed by atoms with Crippen LogP contribution in [0.4, 0.5) is 15.8 Å². The Bertz CT molecular complexity index is 887. The molecule has 0 radical (unpaired) electrons. The average molecular weight is 408 g/mol. The summed E-state index contributed by atoms with van der Waals surface area (Å²) in [6.07, 6.45) is 0.342. The largest absolute Gasteiger partial charge is 0.340 e. The third-order valence-corrected chi connectivity index (χ3v) is 4.10. The molecule has 2 aromatic rings. The molecule has 0 aliphatic rings. The van der Waals surface area contributed by atoms with Gasteiger partial charge in [-0.25, -0.2) is 0 Å². The maximum absolute atomic E-state index is 13.5. The number of nitro groups is 1. The molecular formula is C19H19ClFN3O4. The lowest BCUT2D eigenvalue weighted by atomic mass is 10.0. The zero-order valence-electron chi connectivity index (χ0n) is 15.2. The highest BCUT2D eigenvalue weighted by Crippen LogP contribution is 2.22. The number of nitrogens with zero attached hydrogens (tertiary/aromatic N) is 1. The molecule has 0 aliphatic heterocycles. The maximum atomic E-state index is 13.5. The smallest absolute Gasteiger partial charge is 0.306 e. The van der Waals surface area contributed by atoms with Crippen LogP contribution in [0.25, 0.3) is 0 Å². The van der Waals surface area contributed by atoms with Crippen molar-refractivity contribution in [3.05, 3.63) is 69.0 Å². The number of carbonyl (C=O) groups excluding carboxylic acids is 2. The molecule has 2 amide bonds. The molecule has 28 heavy (non-hydrogen) atoms. The molecule has 0 aromatic heterocycles. The van der Waals surface area contributed by atoms with E-state index >= 15 is 0 Å². The van der Waals surface area contributed by atoms with Gasteiger partial charge in [0.2, 0.25) is 11.7 Å². The van der Waals surface area contributed by atoms with Gasteiger partial charge in [-0.3, -0.25) is 19.7 Å². The van der Waals surface area contributed by atoms with Crippen LogP contribution in [-0.2, 0) is 4.79 Å². The topological polar surface area (TPSA) is 101 Å². The minimum Gasteiger partial charge on any atom is -0.340 e. The van der Waals surface area contributed by atoms with Crippen LogP contribution in [0, 0.1) is 21.8 Å². The summed E-state index contributed by atoms with van der Waals surface area (Å²) in [6.45, 7) is 3.77. The highest BCUT2D eigenvalue weighted by molar-refractivity contribution is 6.30. The van der Waals surface area contributed by atoms with Gasteiger partial charge in [0.25, 0.3) is 5.91 Å². The van der Waals surface area contributed by atoms with Crippen LogP contribution in [0.3, 0.4) is 0 Å². The summed E-state index contributed by atoms with van der Waals surface area (Å²) < 4.78 is 13.5. The minimum absolute atomic E-state index is 0.0626. The third kappa shape index (κ3) is 5.75. The molecule has 2 N–H and O–H groups in total. The molecule has 9 heteroatoms. The Balaban J connectivity index is 2.16. The van der Waals surface area contributed by atoms with E-state index in [2.05, 4.69) is 10.6 Å². The lowest BCUT2D eigenvalue weighted by Crippen LogP contribution is -2.44. The first-order valence-corrected chi connectivity index (χ1v) is 8.86. The molecule has 2 rings (SSSR count). The number of nitro benzene ring substituents is 1. The highest BCUT2D eigenvalue weighted by atomic mass is 35.5. The Morgan fingerprint density at radius 1 is 1.18 bits per heavy atom. The van der Waals surface area contributed by atoms with Crippen molar-refractivity contribution in [1.29, 1.82) is 0 Å². The number of carbonyl (C=O) groups is 2. The van der Waals surface area contributed by atoms with Crippen molar-refractivity contribution in [2.45, 2.75) is 26.3 Å². The minimum atomic E-state index is -1.00. The van der Waals surface area contributed by atoms with Crippen molar-refractivity contribution in [3.8, 4) is 0 Å². The van der Waals surface area contributed by atoms with Gasteiger partial charge in [0.1, 0.15) is 6.04 Å². The Morgan fingerprint density at radius 3 is 2.39 bits per heavy atom. The fourth-order valence-electron chi connectivity index (χ4n) is 2.51. The predicted octanol–water partition coefficient (Wildman–Crippen LogP) is 4.17.